The molecule has 110 valence electrons. The zero-order valence-corrected chi connectivity index (χ0v) is 12.9. The predicted molar refractivity (Wildman–Crippen MR) is 79.9 cm³/mol. The highest BCUT2D eigenvalue weighted by Crippen LogP contribution is 2.22. The molecule has 0 saturated carbocycles. The summed E-state index contributed by atoms with van der Waals surface area (Å²) in [6, 6.07) is 9.41. The van der Waals surface area contributed by atoms with Gasteiger partial charge in [-0.3, -0.25) is 4.79 Å². The largest absolute Gasteiger partial charge is 0.319 e. The molecule has 0 spiro atoms. The number of rotatable bonds is 3. The van der Waals surface area contributed by atoms with Crippen LogP contribution in [-0.2, 0) is 10.0 Å². The van der Waals surface area contributed by atoms with E-state index in [1.807, 2.05) is 0 Å². The molecule has 0 radical (unpaired) electrons. The zero-order chi connectivity index (χ0) is 15.6. The van der Waals surface area contributed by atoms with Crippen LogP contribution < -0.4 is 10.5 Å². The second kappa shape index (κ2) is 5.92. The van der Waals surface area contributed by atoms with E-state index in [1.54, 1.807) is 6.07 Å². The summed E-state index contributed by atoms with van der Waals surface area (Å²) in [5.41, 5.74) is 0.0280. The van der Waals surface area contributed by atoms with Crippen LogP contribution in [0.4, 0.5) is 10.1 Å². The highest BCUT2D eigenvalue weighted by Gasteiger charge is 2.16. The summed E-state index contributed by atoms with van der Waals surface area (Å²) in [6.07, 6.45) is 0. The number of primary sulfonamides is 1. The average molecular weight is 373 g/mol. The minimum atomic E-state index is -3.93. The summed E-state index contributed by atoms with van der Waals surface area (Å²) in [7, 11) is -3.93. The van der Waals surface area contributed by atoms with Gasteiger partial charge in [-0.1, -0.05) is 12.1 Å². The number of anilines is 1. The Morgan fingerprint density at radius 3 is 2.48 bits per heavy atom. The van der Waals surface area contributed by atoms with Crippen LogP contribution in [0.25, 0.3) is 0 Å². The van der Waals surface area contributed by atoms with Crippen LogP contribution >= 0.6 is 15.9 Å². The van der Waals surface area contributed by atoms with E-state index in [0.717, 1.165) is 6.07 Å². The molecule has 0 fully saturated rings. The average Bonchev–Trinajstić information content (AvgIpc) is 2.40. The van der Waals surface area contributed by atoms with E-state index in [2.05, 4.69) is 21.2 Å². The van der Waals surface area contributed by atoms with Crippen LogP contribution in [0.5, 0.6) is 0 Å². The maximum atomic E-state index is 13.5. The number of benzene rings is 2. The first-order valence-corrected chi connectivity index (χ1v) is 8.01. The topological polar surface area (TPSA) is 89.3 Å². The molecule has 0 bridgehead atoms. The van der Waals surface area contributed by atoms with Crippen molar-refractivity contribution < 1.29 is 17.6 Å². The number of carbonyl (C=O) groups is 1. The van der Waals surface area contributed by atoms with Crippen molar-refractivity contribution in [3.8, 4) is 0 Å². The van der Waals surface area contributed by atoms with Crippen molar-refractivity contribution in [1.82, 2.24) is 0 Å². The Morgan fingerprint density at radius 1 is 1.19 bits per heavy atom. The van der Waals surface area contributed by atoms with Gasteiger partial charge in [-0.05, 0) is 46.3 Å². The van der Waals surface area contributed by atoms with E-state index in [9.17, 15) is 17.6 Å². The van der Waals surface area contributed by atoms with E-state index < -0.39 is 21.7 Å². The summed E-state index contributed by atoms with van der Waals surface area (Å²) in [5, 5.41) is 7.38. The number of para-hydroxylation sites is 1. The lowest BCUT2D eigenvalue weighted by atomic mass is 10.2. The molecule has 0 aliphatic rings. The van der Waals surface area contributed by atoms with Gasteiger partial charge in [0.15, 0.2) is 0 Å². The standard InChI is InChI=1S/C13H10BrFN2O3S/c14-10-6-5-8(21(16,19)20)7-9(10)13(18)17-12-4-2-1-3-11(12)15/h1-7H,(H,17,18)(H2,16,19,20). The molecule has 5 nitrogen and oxygen atoms in total. The Kier molecular flexibility index (Phi) is 4.40. The lowest BCUT2D eigenvalue weighted by molar-refractivity contribution is 0.102. The monoisotopic (exact) mass is 372 g/mol. The minimum absolute atomic E-state index is 0.00425. The van der Waals surface area contributed by atoms with Gasteiger partial charge < -0.3 is 5.32 Å². The summed E-state index contributed by atoms with van der Waals surface area (Å²) >= 11 is 3.14. The van der Waals surface area contributed by atoms with Gasteiger partial charge in [0.05, 0.1) is 16.1 Å². The van der Waals surface area contributed by atoms with Crippen LogP contribution in [0.3, 0.4) is 0 Å². The van der Waals surface area contributed by atoms with E-state index in [4.69, 9.17) is 5.14 Å². The third-order valence-electron chi connectivity index (χ3n) is 2.63. The fourth-order valence-corrected chi connectivity index (χ4v) is 2.57. The molecule has 0 unspecified atom stereocenters. The fourth-order valence-electron chi connectivity index (χ4n) is 1.61. The van der Waals surface area contributed by atoms with Gasteiger partial charge in [-0.15, -0.1) is 0 Å². The molecule has 21 heavy (non-hydrogen) atoms. The fraction of sp³-hybridized carbons (Fsp3) is 0. The number of carbonyl (C=O) groups excluding carboxylic acids is 1. The van der Waals surface area contributed by atoms with Crippen molar-refractivity contribution >= 4 is 37.5 Å². The molecular weight excluding hydrogens is 363 g/mol. The second-order valence-electron chi connectivity index (χ2n) is 4.12. The minimum Gasteiger partial charge on any atom is -0.319 e. The van der Waals surface area contributed by atoms with E-state index in [-0.39, 0.29) is 16.1 Å². The number of halogens is 2. The maximum Gasteiger partial charge on any atom is 0.256 e. The summed E-state index contributed by atoms with van der Waals surface area (Å²) in [6.45, 7) is 0. The van der Waals surface area contributed by atoms with Crippen molar-refractivity contribution in [2.75, 3.05) is 5.32 Å². The first kappa shape index (κ1) is 15.6. The van der Waals surface area contributed by atoms with E-state index in [1.165, 1.54) is 30.3 Å². The molecule has 8 heteroatoms. The molecule has 0 aliphatic heterocycles. The second-order valence-corrected chi connectivity index (χ2v) is 6.54. The van der Waals surface area contributed by atoms with Crippen LogP contribution in [0.15, 0.2) is 51.8 Å². The number of sulfonamides is 1. The van der Waals surface area contributed by atoms with Gasteiger partial charge in [0.1, 0.15) is 5.82 Å². The molecule has 2 rings (SSSR count). The Hall–Kier alpha value is -1.77. The van der Waals surface area contributed by atoms with E-state index >= 15 is 0 Å². The van der Waals surface area contributed by atoms with Gasteiger partial charge in [-0.2, -0.15) is 0 Å². The predicted octanol–water partition coefficient (Wildman–Crippen LogP) is 2.49. The number of hydrogen-bond donors (Lipinski definition) is 2. The summed E-state index contributed by atoms with van der Waals surface area (Å²) < 4.78 is 36.5. The lowest BCUT2D eigenvalue weighted by Crippen LogP contribution is -2.16. The number of nitrogens with one attached hydrogen (secondary N) is 1. The van der Waals surface area contributed by atoms with Crippen molar-refractivity contribution in [2.45, 2.75) is 4.90 Å². The van der Waals surface area contributed by atoms with Gasteiger partial charge in [-0.25, -0.2) is 17.9 Å². The van der Waals surface area contributed by atoms with Gasteiger partial charge in [0, 0.05) is 4.47 Å². The Bertz CT molecular complexity index is 809. The van der Waals surface area contributed by atoms with Crippen molar-refractivity contribution in [2.24, 2.45) is 5.14 Å². The molecule has 0 aliphatic carbocycles. The smallest absolute Gasteiger partial charge is 0.256 e. The number of nitrogens with two attached hydrogens (primary N) is 1. The molecule has 0 atom stereocenters. The third-order valence-corrected chi connectivity index (χ3v) is 4.24. The summed E-state index contributed by atoms with van der Waals surface area (Å²) in [4.78, 5) is 11.9. The molecule has 0 aromatic heterocycles. The Labute approximate surface area is 129 Å². The SMILES string of the molecule is NS(=O)(=O)c1ccc(Br)c(C(=O)Nc2ccccc2F)c1. The number of hydrogen-bond acceptors (Lipinski definition) is 3. The van der Waals surface area contributed by atoms with Crippen LogP contribution in [0.2, 0.25) is 0 Å². The quantitative estimate of drug-likeness (QED) is 0.866. The Morgan fingerprint density at radius 2 is 1.86 bits per heavy atom. The molecular formula is C13H10BrFN2O3S. The number of amides is 1. The van der Waals surface area contributed by atoms with Gasteiger partial charge in [0.25, 0.3) is 5.91 Å². The van der Waals surface area contributed by atoms with E-state index in [0.29, 0.717) is 4.47 Å². The van der Waals surface area contributed by atoms with Gasteiger partial charge >= 0.3 is 0 Å². The molecule has 0 heterocycles. The maximum absolute atomic E-state index is 13.5. The highest BCUT2D eigenvalue weighted by molar-refractivity contribution is 9.10. The lowest BCUT2D eigenvalue weighted by Gasteiger charge is -2.09. The third kappa shape index (κ3) is 3.66. The van der Waals surface area contributed by atoms with Crippen molar-refractivity contribution in [3.63, 3.8) is 0 Å². The molecule has 2 aromatic carbocycles. The Balaban J connectivity index is 2.38. The summed E-state index contributed by atoms with van der Waals surface area (Å²) in [5.74, 6) is -1.25. The normalized spacial score (nSPS) is 11.2. The first-order chi connectivity index (χ1) is 9.79. The molecule has 0 saturated heterocycles. The van der Waals surface area contributed by atoms with Crippen LogP contribution in [0.1, 0.15) is 10.4 Å². The highest BCUT2D eigenvalue weighted by atomic mass is 79.9. The molecule has 3 N–H and O–H groups in total. The van der Waals surface area contributed by atoms with Crippen LogP contribution in [0, 0.1) is 5.82 Å². The first-order valence-electron chi connectivity index (χ1n) is 5.67. The van der Waals surface area contributed by atoms with Crippen LogP contribution in [-0.4, -0.2) is 14.3 Å². The zero-order valence-electron chi connectivity index (χ0n) is 10.5. The van der Waals surface area contributed by atoms with Crippen molar-refractivity contribution in [3.05, 3.63) is 58.3 Å². The van der Waals surface area contributed by atoms with Crippen molar-refractivity contribution in [1.29, 1.82) is 0 Å². The molecule has 2 aromatic rings. The molecule has 1 amide bonds. The van der Waals surface area contributed by atoms with Gasteiger partial charge in [0.2, 0.25) is 10.0 Å².